The Balaban J connectivity index is 1.42. The Bertz CT molecular complexity index is 1730. The number of anilines is 2. The van der Waals surface area contributed by atoms with E-state index < -0.39 is 0 Å². The van der Waals surface area contributed by atoms with Gasteiger partial charge in [0.25, 0.3) is 0 Å². The minimum atomic E-state index is -0.108. The Hall–Kier alpha value is -5.06. The highest BCUT2D eigenvalue weighted by Crippen LogP contribution is 2.38. The van der Waals surface area contributed by atoms with E-state index in [0.29, 0.717) is 12.0 Å². The summed E-state index contributed by atoms with van der Waals surface area (Å²) in [6.45, 7) is 0. The summed E-state index contributed by atoms with van der Waals surface area (Å²) in [5.74, 6) is -0.108. The molecule has 0 aliphatic heterocycles. The monoisotopic (exact) mass is 463 g/mol. The summed E-state index contributed by atoms with van der Waals surface area (Å²) in [6, 6.07) is 34.8. The molecule has 36 heavy (non-hydrogen) atoms. The van der Waals surface area contributed by atoms with Crippen LogP contribution in [-0.2, 0) is 0 Å². The average molecular weight is 464 g/mol. The maximum absolute atomic E-state index is 9.29. The topological polar surface area (TPSA) is 64.0 Å². The maximum Gasteiger partial charge on any atom is 0.143 e. The molecule has 5 aromatic rings. The lowest BCUT2D eigenvalue weighted by atomic mass is 9.99. The van der Waals surface area contributed by atoms with Gasteiger partial charge in [-0.1, -0.05) is 60.7 Å². The second-order valence-electron chi connectivity index (χ2n) is 8.78. The molecule has 0 spiro atoms. The van der Waals surface area contributed by atoms with E-state index in [2.05, 4.69) is 71.6 Å². The van der Waals surface area contributed by atoms with Crippen LogP contribution in [0.2, 0.25) is 0 Å². The maximum atomic E-state index is 9.29. The van der Waals surface area contributed by atoms with Gasteiger partial charge in [-0.25, -0.2) is 0 Å². The van der Waals surface area contributed by atoms with Crippen LogP contribution in [0.25, 0.3) is 33.1 Å². The SMILES string of the molecule is N#Cc1ccc(N(C2=CCC(C#N)C=C2)c2ccc(-c3cccc4c3oc3ccccc34)cc2)cc1. The van der Waals surface area contributed by atoms with Gasteiger partial charge in [0.05, 0.1) is 23.6 Å². The van der Waals surface area contributed by atoms with Crippen LogP contribution >= 0.6 is 0 Å². The van der Waals surface area contributed by atoms with E-state index in [4.69, 9.17) is 4.42 Å². The third kappa shape index (κ3) is 3.72. The van der Waals surface area contributed by atoms with Gasteiger partial charge in [0.15, 0.2) is 0 Å². The summed E-state index contributed by atoms with van der Waals surface area (Å²) in [6.07, 6.45) is 6.71. The van der Waals surface area contributed by atoms with Crippen molar-refractivity contribution in [1.29, 1.82) is 10.5 Å². The molecule has 170 valence electrons. The van der Waals surface area contributed by atoms with Crippen molar-refractivity contribution < 1.29 is 4.42 Å². The van der Waals surface area contributed by atoms with Gasteiger partial charge in [-0.05, 0) is 60.5 Å². The standard InChI is InChI=1S/C32H21N3O/c33-20-22-8-14-25(15-9-22)35(26-16-10-23(21-34)11-17-26)27-18-12-24(13-19-27)28-5-3-6-30-29-4-1-2-7-31(29)36-32(28)30/h1-10,12-19,23H,11H2. The fourth-order valence-corrected chi connectivity index (χ4v) is 4.77. The molecule has 1 aliphatic carbocycles. The number of fused-ring (bicyclic) bond motifs is 3. The summed E-state index contributed by atoms with van der Waals surface area (Å²) >= 11 is 0. The third-order valence-electron chi connectivity index (χ3n) is 6.60. The van der Waals surface area contributed by atoms with Crippen molar-refractivity contribution in [3.8, 4) is 23.3 Å². The normalized spacial score (nSPS) is 14.8. The lowest BCUT2D eigenvalue weighted by molar-refractivity contribution is 0.670. The number of para-hydroxylation sites is 2. The van der Waals surface area contributed by atoms with Crippen LogP contribution < -0.4 is 4.90 Å². The van der Waals surface area contributed by atoms with Gasteiger partial charge in [0, 0.05) is 33.4 Å². The van der Waals surface area contributed by atoms with Crippen molar-refractivity contribution in [2.75, 3.05) is 4.90 Å². The van der Waals surface area contributed by atoms with Gasteiger partial charge < -0.3 is 9.32 Å². The smallest absolute Gasteiger partial charge is 0.143 e. The van der Waals surface area contributed by atoms with Crippen LogP contribution in [0.15, 0.2) is 119 Å². The Morgan fingerprint density at radius 3 is 2.19 bits per heavy atom. The minimum absolute atomic E-state index is 0.108. The predicted octanol–water partition coefficient (Wildman–Crippen LogP) is 8.25. The summed E-state index contributed by atoms with van der Waals surface area (Å²) in [7, 11) is 0. The van der Waals surface area contributed by atoms with Crippen molar-refractivity contribution in [3.05, 3.63) is 120 Å². The zero-order chi connectivity index (χ0) is 24.5. The van der Waals surface area contributed by atoms with Gasteiger partial charge >= 0.3 is 0 Å². The first-order valence-electron chi connectivity index (χ1n) is 11.8. The molecule has 1 unspecified atom stereocenters. The first-order valence-corrected chi connectivity index (χ1v) is 11.8. The molecule has 6 rings (SSSR count). The van der Waals surface area contributed by atoms with Crippen LogP contribution in [0, 0.1) is 28.6 Å². The molecule has 0 amide bonds. The molecule has 0 N–H and O–H groups in total. The van der Waals surface area contributed by atoms with Crippen LogP contribution in [0.1, 0.15) is 12.0 Å². The van der Waals surface area contributed by atoms with E-state index in [-0.39, 0.29) is 5.92 Å². The van der Waals surface area contributed by atoms with E-state index in [1.54, 1.807) is 0 Å². The average Bonchev–Trinajstić information content (AvgIpc) is 3.33. The van der Waals surface area contributed by atoms with E-state index in [9.17, 15) is 10.5 Å². The fourth-order valence-electron chi connectivity index (χ4n) is 4.77. The van der Waals surface area contributed by atoms with Gasteiger partial charge in [-0.3, -0.25) is 0 Å². The summed E-state index contributed by atoms with van der Waals surface area (Å²) in [4.78, 5) is 2.15. The van der Waals surface area contributed by atoms with E-state index in [0.717, 1.165) is 50.1 Å². The molecule has 0 saturated carbocycles. The molecule has 1 atom stereocenters. The van der Waals surface area contributed by atoms with Crippen molar-refractivity contribution in [2.45, 2.75) is 6.42 Å². The summed E-state index contributed by atoms with van der Waals surface area (Å²) < 4.78 is 6.24. The number of allylic oxidation sites excluding steroid dienone is 3. The Labute approximate surface area is 209 Å². The van der Waals surface area contributed by atoms with Crippen LogP contribution in [0.3, 0.4) is 0 Å². The second kappa shape index (κ2) is 8.95. The van der Waals surface area contributed by atoms with Gasteiger partial charge in [0.1, 0.15) is 11.2 Å². The molecule has 0 bridgehead atoms. The Morgan fingerprint density at radius 2 is 1.50 bits per heavy atom. The largest absolute Gasteiger partial charge is 0.455 e. The molecule has 1 aliphatic rings. The highest BCUT2D eigenvalue weighted by atomic mass is 16.3. The molecule has 1 heterocycles. The zero-order valence-electron chi connectivity index (χ0n) is 19.4. The zero-order valence-corrected chi connectivity index (χ0v) is 19.4. The van der Waals surface area contributed by atoms with Crippen LogP contribution in [-0.4, -0.2) is 0 Å². The van der Waals surface area contributed by atoms with Crippen molar-refractivity contribution in [3.63, 3.8) is 0 Å². The predicted molar refractivity (Wildman–Crippen MR) is 143 cm³/mol. The molecule has 0 fully saturated rings. The van der Waals surface area contributed by atoms with Crippen LogP contribution in [0.5, 0.6) is 0 Å². The molecular formula is C32H21N3O. The molecule has 0 radical (unpaired) electrons. The third-order valence-corrected chi connectivity index (χ3v) is 6.60. The molecule has 0 saturated heterocycles. The van der Waals surface area contributed by atoms with Gasteiger partial charge in [-0.2, -0.15) is 10.5 Å². The Kier molecular flexibility index (Phi) is 5.34. The number of nitriles is 2. The van der Waals surface area contributed by atoms with E-state index in [1.807, 2.05) is 54.6 Å². The van der Waals surface area contributed by atoms with Crippen molar-refractivity contribution >= 4 is 33.3 Å². The summed E-state index contributed by atoms with van der Waals surface area (Å²) in [5, 5.41) is 20.7. The summed E-state index contributed by atoms with van der Waals surface area (Å²) in [5.41, 5.74) is 7.45. The lowest BCUT2D eigenvalue weighted by Gasteiger charge is -2.28. The Morgan fingerprint density at radius 1 is 0.778 bits per heavy atom. The molecule has 4 nitrogen and oxygen atoms in total. The van der Waals surface area contributed by atoms with Crippen molar-refractivity contribution in [2.24, 2.45) is 5.92 Å². The van der Waals surface area contributed by atoms with Crippen molar-refractivity contribution in [1.82, 2.24) is 0 Å². The highest BCUT2D eigenvalue weighted by Gasteiger charge is 2.18. The first kappa shape index (κ1) is 21.5. The minimum Gasteiger partial charge on any atom is -0.455 e. The van der Waals surface area contributed by atoms with E-state index >= 15 is 0 Å². The number of hydrogen-bond donors (Lipinski definition) is 0. The fraction of sp³-hybridized carbons (Fsp3) is 0.0625. The number of rotatable bonds is 4. The number of furan rings is 1. The van der Waals surface area contributed by atoms with E-state index in [1.165, 1.54) is 0 Å². The second-order valence-corrected chi connectivity index (χ2v) is 8.78. The molecule has 1 aromatic heterocycles. The number of nitrogens with zero attached hydrogens (tertiary/aromatic N) is 3. The number of benzene rings is 4. The first-order chi connectivity index (χ1) is 17.7. The quantitative estimate of drug-likeness (QED) is 0.269. The molecule has 4 heteroatoms. The molecular weight excluding hydrogens is 442 g/mol. The van der Waals surface area contributed by atoms with Gasteiger partial charge in [-0.15, -0.1) is 0 Å². The van der Waals surface area contributed by atoms with Crippen LogP contribution in [0.4, 0.5) is 11.4 Å². The lowest BCUT2D eigenvalue weighted by Crippen LogP contribution is -2.17. The number of hydrogen-bond acceptors (Lipinski definition) is 4. The highest BCUT2D eigenvalue weighted by molar-refractivity contribution is 6.09. The van der Waals surface area contributed by atoms with Gasteiger partial charge in [0.2, 0.25) is 0 Å². The molecule has 4 aromatic carbocycles.